The van der Waals surface area contributed by atoms with Crippen LogP contribution in [0.25, 0.3) is 0 Å². The molecule has 0 saturated heterocycles. The van der Waals surface area contributed by atoms with Crippen LogP contribution in [0, 0.1) is 0 Å². The SMILES string of the molecule is CSC1(CNC(C)c2ccc(Br)s2)CCC1. The van der Waals surface area contributed by atoms with Crippen molar-refractivity contribution in [3.8, 4) is 0 Å². The van der Waals surface area contributed by atoms with Crippen molar-refractivity contribution in [3.05, 3.63) is 20.8 Å². The maximum Gasteiger partial charge on any atom is 0.0701 e. The Hall–Kier alpha value is 0.490. The van der Waals surface area contributed by atoms with Crippen LogP contribution in [0.5, 0.6) is 0 Å². The van der Waals surface area contributed by atoms with E-state index in [9.17, 15) is 0 Å². The van der Waals surface area contributed by atoms with Crippen molar-refractivity contribution in [1.29, 1.82) is 0 Å². The fourth-order valence-electron chi connectivity index (χ4n) is 2.02. The van der Waals surface area contributed by atoms with Crippen molar-refractivity contribution in [2.75, 3.05) is 12.8 Å². The minimum absolute atomic E-state index is 0.473. The molecule has 1 aliphatic rings. The molecule has 1 aliphatic carbocycles. The summed E-state index contributed by atoms with van der Waals surface area (Å²) in [4.78, 5) is 1.42. The number of rotatable bonds is 5. The number of hydrogen-bond acceptors (Lipinski definition) is 3. The summed E-state index contributed by atoms with van der Waals surface area (Å²) in [5.74, 6) is 0. The molecule has 0 amide bonds. The average Bonchev–Trinajstić information content (AvgIpc) is 2.64. The Morgan fingerprint density at radius 2 is 2.31 bits per heavy atom. The molecular formula is C12H18BrNS2. The molecule has 4 heteroatoms. The Balaban J connectivity index is 1.86. The maximum atomic E-state index is 3.67. The highest BCUT2D eigenvalue weighted by Crippen LogP contribution is 2.42. The van der Waals surface area contributed by atoms with Gasteiger partial charge in [-0.05, 0) is 54.1 Å². The zero-order chi connectivity index (χ0) is 11.6. The summed E-state index contributed by atoms with van der Waals surface area (Å²) in [6, 6.07) is 4.81. The first-order valence-corrected chi connectivity index (χ1v) is 8.52. The molecule has 1 fully saturated rings. The van der Waals surface area contributed by atoms with E-state index in [1.165, 1.54) is 27.9 Å². The second-order valence-electron chi connectivity index (χ2n) is 4.49. The van der Waals surface area contributed by atoms with Crippen LogP contribution in [0.1, 0.15) is 37.1 Å². The zero-order valence-corrected chi connectivity index (χ0v) is 13.0. The van der Waals surface area contributed by atoms with Crippen LogP contribution in [-0.2, 0) is 0 Å². The van der Waals surface area contributed by atoms with Crippen LogP contribution in [-0.4, -0.2) is 17.5 Å². The van der Waals surface area contributed by atoms with Gasteiger partial charge >= 0.3 is 0 Å². The van der Waals surface area contributed by atoms with Crippen LogP contribution >= 0.6 is 39.0 Å². The normalized spacial score (nSPS) is 20.4. The molecule has 1 nitrogen and oxygen atoms in total. The average molecular weight is 320 g/mol. The molecule has 0 aliphatic heterocycles. The van der Waals surface area contributed by atoms with Gasteiger partial charge in [-0.3, -0.25) is 0 Å². The molecule has 0 radical (unpaired) electrons. The van der Waals surface area contributed by atoms with E-state index in [4.69, 9.17) is 0 Å². The van der Waals surface area contributed by atoms with Crippen molar-refractivity contribution >= 4 is 39.0 Å². The molecule has 1 atom stereocenters. The highest BCUT2D eigenvalue weighted by atomic mass is 79.9. The number of thioether (sulfide) groups is 1. The molecule has 0 bridgehead atoms. The zero-order valence-electron chi connectivity index (χ0n) is 9.75. The van der Waals surface area contributed by atoms with E-state index in [0.717, 1.165) is 6.54 Å². The quantitative estimate of drug-likeness (QED) is 0.860. The van der Waals surface area contributed by atoms with Crippen molar-refractivity contribution in [1.82, 2.24) is 5.32 Å². The summed E-state index contributed by atoms with van der Waals surface area (Å²) in [7, 11) is 0. The second-order valence-corrected chi connectivity index (χ2v) is 8.25. The molecule has 0 aromatic carbocycles. The van der Waals surface area contributed by atoms with Gasteiger partial charge in [0.1, 0.15) is 0 Å². The van der Waals surface area contributed by atoms with Crippen LogP contribution in [0.3, 0.4) is 0 Å². The van der Waals surface area contributed by atoms with Crippen molar-refractivity contribution in [2.45, 2.75) is 37.0 Å². The summed E-state index contributed by atoms with van der Waals surface area (Å²) < 4.78 is 1.75. The summed E-state index contributed by atoms with van der Waals surface area (Å²) in [5, 5.41) is 3.67. The van der Waals surface area contributed by atoms with Crippen LogP contribution in [0.4, 0.5) is 0 Å². The molecule has 1 saturated carbocycles. The Kier molecular flexibility index (Phi) is 4.38. The van der Waals surface area contributed by atoms with E-state index in [0.29, 0.717) is 10.8 Å². The van der Waals surface area contributed by atoms with Gasteiger partial charge in [0.25, 0.3) is 0 Å². The first kappa shape index (κ1) is 12.9. The van der Waals surface area contributed by atoms with Gasteiger partial charge in [0, 0.05) is 22.2 Å². The van der Waals surface area contributed by atoms with E-state index in [1.807, 2.05) is 23.1 Å². The number of thiophene rings is 1. The minimum Gasteiger partial charge on any atom is -0.308 e. The van der Waals surface area contributed by atoms with Gasteiger partial charge in [-0.1, -0.05) is 6.42 Å². The summed E-state index contributed by atoms with van der Waals surface area (Å²) >= 11 is 7.38. The molecule has 90 valence electrons. The second kappa shape index (κ2) is 5.42. The number of nitrogens with one attached hydrogen (secondary N) is 1. The standard InChI is InChI=1S/C12H18BrNS2/c1-9(10-4-5-11(13)16-10)14-8-12(15-2)6-3-7-12/h4-5,9,14H,3,6-8H2,1-2H3. The third-order valence-electron chi connectivity index (χ3n) is 3.45. The number of hydrogen-bond donors (Lipinski definition) is 1. The maximum absolute atomic E-state index is 3.67. The summed E-state index contributed by atoms with van der Waals surface area (Å²) in [6.45, 7) is 3.40. The molecule has 1 aromatic heterocycles. The molecule has 2 rings (SSSR count). The van der Waals surface area contributed by atoms with Crippen molar-refractivity contribution < 1.29 is 0 Å². The first-order chi connectivity index (χ1) is 7.65. The van der Waals surface area contributed by atoms with Gasteiger partial charge in [-0.25, -0.2) is 0 Å². The van der Waals surface area contributed by atoms with Crippen LogP contribution in [0.2, 0.25) is 0 Å². The lowest BCUT2D eigenvalue weighted by atomic mass is 9.84. The fraction of sp³-hybridized carbons (Fsp3) is 0.667. The highest BCUT2D eigenvalue weighted by Gasteiger charge is 2.35. The van der Waals surface area contributed by atoms with Gasteiger partial charge in [-0.15, -0.1) is 11.3 Å². The third-order valence-corrected chi connectivity index (χ3v) is 6.67. The monoisotopic (exact) mass is 319 g/mol. The van der Waals surface area contributed by atoms with Crippen LogP contribution in [0.15, 0.2) is 15.9 Å². The predicted octanol–water partition coefficient (Wildman–Crippen LogP) is 4.45. The molecule has 1 aromatic rings. The lowest BCUT2D eigenvalue weighted by molar-refractivity contribution is 0.335. The minimum atomic E-state index is 0.473. The van der Waals surface area contributed by atoms with Crippen molar-refractivity contribution in [2.24, 2.45) is 0 Å². The van der Waals surface area contributed by atoms with E-state index < -0.39 is 0 Å². The Labute approximate surface area is 115 Å². The van der Waals surface area contributed by atoms with E-state index in [-0.39, 0.29) is 0 Å². The Morgan fingerprint density at radius 3 is 2.75 bits per heavy atom. The lowest BCUT2D eigenvalue weighted by Gasteiger charge is -2.41. The number of halogens is 1. The smallest absolute Gasteiger partial charge is 0.0701 e. The van der Waals surface area contributed by atoms with E-state index in [2.05, 4.69) is 46.6 Å². The van der Waals surface area contributed by atoms with Gasteiger partial charge in [0.05, 0.1) is 3.79 Å². The topological polar surface area (TPSA) is 12.0 Å². The fourth-order valence-corrected chi connectivity index (χ4v) is 4.40. The lowest BCUT2D eigenvalue weighted by Crippen LogP contribution is -2.43. The van der Waals surface area contributed by atoms with Gasteiger partial charge in [0.2, 0.25) is 0 Å². The van der Waals surface area contributed by atoms with Gasteiger partial charge < -0.3 is 5.32 Å². The molecule has 16 heavy (non-hydrogen) atoms. The summed E-state index contributed by atoms with van der Waals surface area (Å²) in [6.07, 6.45) is 6.40. The first-order valence-electron chi connectivity index (χ1n) is 5.69. The highest BCUT2D eigenvalue weighted by molar-refractivity contribution is 9.11. The molecule has 1 heterocycles. The molecule has 1 unspecified atom stereocenters. The molecular weight excluding hydrogens is 302 g/mol. The van der Waals surface area contributed by atoms with E-state index >= 15 is 0 Å². The van der Waals surface area contributed by atoms with Crippen LogP contribution < -0.4 is 5.32 Å². The Bertz CT molecular complexity index is 341. The van der Waals surface area contributed by atoms with Gasteiger partial charge in [0.15, 0.2) is 0 Å². The van der Waals surface area contributed by atoms with E-state index in [1.54, 1.807) is 0 Å². The Morgan fingerprint density at radius 1 is 1.56 bits per heavy atom. The molecule has 1 N–H and O–H groups in total. The predicted molar refractivity (Wildman–Crippen MR) is 78.5 cm³/mol. The largest absolute Gasteiger partial charge is 0.308 e. The third kappa shape index (κ3) is 2.84. The molecule has 0 spiro atoms. The van der Waals surface area contributed by atoms with Crippen molar-refractivity contribution in [3.63, 3.8) is 0 Å². The summed E-state index contributed by atoms with van der Waals surface area (Å²) in [5.41, 5.74) is 0. The van der Waals surface area contributed by atoms with Gasteiger partial charge in [-0.2, -0.15) is 11.8 Å².